The smallest absolute Gasteiger partial charge is 0.0195 e. The van der Waals surface area contributed by atoms with Crippen molar-refractivity contribution in [2.75, 3.05) is 26.2 Å². The van der Waals surface area contributed by atoms with Crippen LogP contribution in [0.2, 0.25) is 0 Å². The van der Waals surface area contributed by atoms with Crippen LogP contribution < -0.4 is 5.32 Å². The van der Waals surface area contributed by atoms with Crippen LogP contribution >= 0.6 is 0 Å². The highest BCUT2D eigenvalue weighted by atomic mass is 15.1. The Labute approximate surface area is 134 Å². The predicted molar refractivity (Wildman–Crippen MR) is 95.0 cm³/mol. The summed E-state index contributed by atoms with van der Waals surface area (Å²) in [6, 6.07) is 0.774. The van der Waals surface area contributed by atoms with E-state index in [-0.39, 0.29) is 0 Å². The molecule has 1 aliphatic rings. The molecule has 126 valence electrons. The summed E-state index contributed by atoms with van der Waals surface area (Å²) >= 11 is 0. The summed E-state index contributed by atoms with van der Waals surface area (Å²) in [5.41, 5.74) is 0. The predicted octanol–water partition coefficient (Wildman–Crippen LogP) is 4.98. The van der Waals surface area contributed by atoms with Crippen LogP contribution in [-0.4, -0.2) is 37.1 Å². The maximum atomic E-state index is 3.65. The van der Waals surface area contributed by atoms with E-state index in [9.17, 15) is 0 Å². The van der Waals surface area contributed by atoms with Gasteiger partial charge in [-0.05, 0) is 45.3 Å². The first-order valence-corrected chi connectivity index (χ1v) is 9.82. The second-order valence-electron chi connectivity index (χ2n) is 6.92. The van der Waals surface area contributed by atoms with Gasteiger partial charge in [-0.1, -0.05) is 65.2 Å². The standard InChI is InChI=1S/C19H40N2/c1-3-5-7-8-9-10-11-12-17-21(16-6-4-2)18-19-14-13-15-20-19/h19-20H,3-18H2,1-2H3. The van der Waals surface area contributed by atoms with Crippen LogP contribution in [0.1, 0.15) is 90.9 Å². The molecule has 1 fully saturated rings. The molecule has 1 aliphatic heterocycles. The minimum atomic E-state index is 0.774. The molecule has 0 bridgehead atoms. The summed E-state index contributed by atoms with van der Waals surface area (Å²) < 4.78 is 0. The summed E-state index contributed by atoms with van der Waals surface area (Å²) in [6.45, 7) is 9.77. The van der Waals surface area contributed by atoms with Gasteiger partial charge in [0.05, 0.1) is 0 Å². The second-order valence-corrected chi connectivity index (χ2v) is 6.92. The van der Waals surface area contributed by atoms with Gasteiger partial charge in [0.2, 0.25) is 0 Å². The molecule has 1 atom stereocenters. The number of hydrogen-bond acceptors (Lipinski definition) is 2. The number of hydrogen-bond donors (Lipinski definition) is 1. The van der Waals surface area contributed by atoms with Gasteiger partial charge in [0.15, 0.2) is 0 Å². The Kier molecular flexibility index (Phi) is 12.3. The van der Waals surface area contributed by atoms with Gasteiger partial charge in [-0.2, -0.15) is 0 Å². The van der Waals surface area contributed by atoms with Crippen LogP contribution in [0.15, 0.2) is 0 Å². The van der Waals surface area contributed by atoms with E-state index in [1.165, 1.54) is 103 Å². The molecule has 0 spiro atoms. The molecular weight excluding hydrogens is 256 g/mol. The van der Waals surface area contributed by atoms with Gasteiger partial charge in [0.1, 0.15) is 0 Å². The average molecular weight is 297 g/mol. The van der Waals surface area contributed by atoms with Crippen molar-refractivity contribution in [1.29, 1.82) is 0 Å². The molecule has 1 saturated heterocycles. The molecule has 21 heavy (non-hydrogen) atoms. The lowest BCUT2D eigenvalue weighted by Gasteiger charge is -2.25. The quantitative estimate of drug-likeness (QED) is 0.455. The molecule has 1 unspecified atom stereocenters. The summed E-state index contributed by atoms with van der Waals surface area (Å²) in [7, 11) is 0. The van der Waals surface area contributed by atoms with Crippen LogP contribution in [-0.2, 0) is 0 Å². The summed E-state index contributed by atoms with van der Waals surface area (Å²) in [5, 5.41) is 3.65. The first kappa shape index (κ1) is 19.0. The molecule has 0 aromatic carbocycles. The zero-order chi connectivity index (χ0) is 15.2. The minimum absolute atomic E-state index is 0.774. The largest absolute Gasteiger partial charge is 0.313 e. The van der Waals surface area contributed by atoms with E-state index in [0.717, 1.165) is 6.04 Å². The average Bonchev–Trinajstić information content (AvgIpc) is 3.00. The zero-order valence-corrected chi connectivity index (χ0v) is 14.8. The third kappa shape index (κ3) is 10.3. The summed E-state index contributed by atoms with van der Waals surface area (Å²) in [5.74, 6) is 0. The number of rotatable bonds is 14. The molecule has 2 nitrogen and oxygen atoms in total. The molecule has 0 saturated carbocycles. The Bertz CT molecular complexity index is 212. The molecule has 0 aliphatic carbocycles. The molecule has 1 heterocycles. The Balaban J connectivity index is 2.02. The third-order valence-corrected chi connectivity index (χ3v) is 4.80. The van der Waals surface area contributed by atoms with Gasteiger partial charge >= 0.3 is 0 Å². The van der Waals surface area contributed by atoms with E-state index in [1.54, 1.807) is 0 Å². The lowest BCUT2D eigenvalue weighted by molar-refractivity contribution is 0.240. The van der Waals surface area contributed by atoms with Crippen molar-refractivity contribution in [1.82, 2.24) is 10.2 Å². The Morgan fingerprint density at radius 2 is 1.43 bits per heavy atom. The Morgan fingerprint density at radius 3 is 2.05 bits per heavy atom. The molecule has 0 radical (unpaired) electrons. The van der Waals surface area contributed by atoms with Crippen LogP contribution in [0.4, 0.5) is 0 Å². The van der Waals surface area contributed by atoms with Gasteiger partial charge in [0, 0.05) is 12.6 Å². The minimum Gasteiger partial charge on any atom is -0.313 e. The van der Waals surface area contributed by atoms with Crippen molar-refractivity contribution < 1.29 is 0 Å². The fourth-order valence-corrected chi connectivity index (χ4v) is 3.37. The molecule has 2 heteroatoms. The van der Waals surface area contributed by atoms with Gasteiger partial charge in [-0.15, -0.1) is 0 Å². The fraction of sp³-hybridized carbons (Fsp3) is 1.00. The van der Waals surface area contributed by atoms with Crippen molar-refractivity contribution in [2.45, 2.75) is 96.9 Å². The van der Waals surface area contributed by atoms with Crippen molar-refractivity contribution >= 4 is 0 Å². The summed E-state index contributed by atoms with van der Waals surface area (Å²) in [4.78, 5) is 2.73. The van der Waals surface area contributed by atoms with Crippen LogP contribution in [0.5, 0.6) is 0 Å². The van der Waals surface area contributed by atoms with Gasteiger partial charge < -0.3 is 10.2 Å². The third-order valence-electron chi connectivity index (χ3n) is 4.80. The van der Waals surface area contributed by atoms with Gasteiger partial charge in [-0.3, -0.25) is 0 Å². The number of nitrogens with one attached hydrogen (secondary N) is 1. The topological polar surface area (TPSA) is 15.3 Å². The molecule has 0 aromatic rings. The first-order valence-electron chi connectivity index (χ1n) is 9.82. The molecule has 1 rings (SSSR count). The van der Waals surface area contributed by atoms with Crippen molar-refractivity contribution in [3.63, 3.8) is 0 Å². The van der Waals surface area contributed by atoms with E-state index in [2.05, 4.69) is 24.1 Å². The lowest BCUT2D eigenvalue weighted by atomic mass is 10.1. The van der Waals surface area contributed by atoms with Crippen LogP contribution in [0, 0.1) is 0 Å². The maximum Gasteiger partial charge on any atom is 0.0195 e. The van der Waals surface area contributed by atoms with E-state index < -0.39 is 0 Å². The van der Waals surface area contributed by atoms with E-state index >= 15 is 0 Å². The number of nitrogens with zero attached hydrogens (tertiary/aromatic N) is 1. The zero-order valence-electron chi connectivity index (χ0n) is 14.8. The lowest BCUT2D eigenvalue weighted by Crippen LogP contribution is -2.38. The van der Waals surface area contributed by atoms with Gasteiger partial charge in [0.25, 0.3) is 0 Å². The van der Waals surface area contributed by atoms with E-state index in [1.807, 2.05) is 0 Å². The van der Waals surface area contributed by atoms with Crippen LogP contribution in [0.25, 0.3) is 0 Å². The highest BCUT2D eigenvalue weighted by Crippen LogP contribution is 2.11. The van der Waals surface area contributed by atoms with Crippen LogP contribution in [0.3, 0.4) is 0 Å². The SMILES string of the molecule is CCCCCCCCCCN(CCCC)CC1CCCN1. The maximum absolute atomic E-state index is 3.65. The highest BCUT2D eigenvalue weighted by Gasteiger charge is 2.17. The Morgan fingerprint density at radius 1 is 0.810 bits per heavy atom. The van der Waals surface area contributed by atoms with Crippen molar-refractivity contribution in [2.24, 2.45) is 0 Å². The molecular formula is C19H40N2. The second kappa shape index (κ2) is 13.6. The highest BCUT2D eigenvalue weighted by molar-refractivity contribution is 4.77. The van der Waals surface area contributed by atoms with Crippen molar-refractivity contribution in [3.05, 3.63) is 0 Å². The fourth-order valence-electron chi connectivity index (χ4n) is 3.37. The first-order chi connectivity index (χ1) is 10.4. The monoisotopic (exact) mass is 296 g/mol. The molecule has 1 N–H and O–H groups in total. The molecule has 0 amide bonds. The van der Waals surface area contributed by atoms with Crippen molar-refractivity contribution in [3.8, 4) is 0 Å². The Hall–Kier alpha value is -0.0800. The normalized spacial score (nSPS) is 18.7. The molecule has 0 aromatic heterocycles. The van der Waals surface area contributed by atoms with E-state index in [0.29, 0.717) is 0 Å². The number of unbranched alkanes of at least 4 members (excludes halogenated alkanes) is 8. The summed E-state index contributed by atoms with van der Waals surface area (Å²) in [6.07, 6.45) is 16.9. The van der Waals surface area contributed by atoms with Gasteiger partial charge in [-0.25, -0.2) is 0 Å². The van der Waals surface area contributed by atoms with E-state index in [4.69, 9.17) is 0 Å².